The second kappa shape index (κ2) is 7.81. The van der Waals surface area contributed by atoms with Crippen LogP contribution in [0.25, 0.3) is 0 Å². The zero-order chi connectivity index (χ0) is 20.5. The largest absolute Gasteiger partial charge is 0.350 e. The van der Waals surface area contributed by atoms with Crippen molar-refractivity contribution in [2.24, 2.45) is 0 Å². The third kappa shape index (κ3) is 3.84. The second-order valence-electron chi connectivity index (χ2n) is 6.78. The molecule has 6 nitrogen and oxygen atoms in total. The molecule has 1 unspecified atom stereocenters. The number of carbonyl (C=O) groups is 3. The Labute approximate surface area is 172 Å². The Morgan fingerprint density at radius 1 is 1.14 bits per heavy atom. The summed E-state index contributed by atoms with van der Waals surface area (Å²) in [5, 5.41) is 6.00. The Hall–Kier alpha value is -2.57. The Morgan fingerprint density at radius 2 is 1.86 bits per heavy atom. The van der Waals surface area contributed by atoms with E-state index >= 15 is 0 Å². The summed E-state index contributed by atoms with van der Waals surface area (Å²) < 4.78 is 0. The van der Waals surface area contributed by atoms with E-state index in [9.17, 15) is 14.4 Å². The van der Waals surface area contributed by atoms with Crippen molar-refractivity contribution in [3.05, 3.63) is 69.2 Å². The summed E-state index contributed by atoms with van der Waals surface area (Å²) in [5.41, 5.74) is 1.18. The van der Waals surface area contributed by atoms with Crippen molar-refractivity contribution in [1.82, 2.24) is 15.5 Å². The zero-order valence-electron chi connectivity index (χ0n) is 15.4. The molecule has 1 saturated heterocycles. The van der Waals surface area contributed by atoms with Crippen LogP contribution in [0.15, 0.2) is 42.5 Å². The van der Waals surface area contributed by atoms with Gasteiger partial charge in [0.15, 0.2) is 0 Å². The minimum Gasteiger partial charge on any atom is -0.350 e. The molecule has 2 aromatic carbocycles. The van der Waals surface area contributed by atoms with E-state index in [0.717, 1.165) is 16.0 Å². The molecular weight excluding hydrogens is 401 g/mol. The maximum absolute atomic E-state index is 12.9. The molecule has 0 radical (unpaired) electrons. The average Bonchev–Trinajstić information content (AvgIpc) is 2.87. The molecule has 4 amide bonds. The summed E-state index contributed by atoms with van der Waals surface area (Å²) in [6, 6.07) is 11.7. The molecule has 146 valence electrons. The van der Waals surface area contributed by atoms with E-state index in [2.05, 4.69) is 10.6 Å². The Kier molecular flexibility index (Phi) is 5.63. The van der Waals surface area contributed by atoms with Crippen LogP contribution in [-0.4, -0.2) is 29.3 Å². The van der Waals surface area contributed by atoms with Crippen LogP contribution in [-0.2, 0) is 21.7 Å². The van der Waals surface area contributed by atoms with Crippen LogP contribution in [0, 0.1) is 6.92 Å². The van der Waals surface area contributed by atoms with Gasteiger partial charge in [-0.15, -0.1) is 0 Å². The fraction of sp³-hybridized carbons (Fsp3) is 0.250. The van der Waals surface area contributed by atoms with Crippen LogP contribution in [0.5, 0.6) is 0 Å². The van der Waals surface area contributed by atoms with Crippen molar-refractivity contribution in [2.75, 3.05) is 6.54 Å². The van der Waals surface area contributed by atoms with E-state index in [1.807, 2.05) is 31.2 Å². The normalized spacial score (nSPS) is 18.9. The number of urea groups is 1. The van der Waals surface area contributed by atoms with Gasteiger partial charge in [0.25, 0.3) is 5.91 Å². The van der Waals surface area contributed by atoms with Crippen LogP contribution in [0.2, 0.25) is 10.0 Å². The predicted octanol–water partition coefficient (Wildman–Crippen LogP) is 3.39. The topological polar surface area (TPSA) is 78.5 Å². The monoisotopic (exact) mass is 419 g/mol. The van der Waals surface area contributed by atoms with Crippen LogP contribution >= 0.6 is 23.2 Å². The first-order chi connectivity index (χ1) is 13.2. The quantitative estimate of drug-likeness (QED) is 0.728. The number of nitrogens with one attached hydrogen (secondary N) is 2. The van der Waals surface area contributed by atoms with Crippen LogP contribution in [0.4, 0.5) is 4.79 Å². The van der Waals surface area contributed by atoms with Gasteiger partial charge in [-0.2, -0.15) is 0 Å². The average molecular weight is 420 g/mol. The number of hydrogen-bond donors (Lipinski definition) is 2. The van der Waals surface area contributed by atoms with E-state index in [1.54, 1.807) is 19.1 Å². The first-order valence-corrected chi connectivity index (χ1v) is 9.39. The maximum atomic E-state index is 12.9. The molecule has 1 fully saturated rings. The van der Waals surface area contributed by atoms with Gasteiger partial charge in [-0.25, -0.2) is 4.79 Å². The number of hydrogen-bond acceptors (Lipinski definition) is 3. The Balaban J connectivity index is 1.70. The van der Waals surface area contributed by atoms with E-state index < -0.39 is 23.4 Å². The summed E-state index contributed by atoms with van der Waals surface area (Å²) >= 11 is 12.0. The summed E-state index contributed by atoms with van der Waals surface area (Å²) in [5.74, 6) is -0.952. The minimum absolute atomic E-state index is 0.275. The first-order valence-electron chi connectivity index (χ1n) is 8.63. The lowest BCUT2D eigenvalue weighted by molar-refractivity contribution is -0.134. The number of amides is 4. The van der Waals surface area contributed by atoms with Gasteiger partial charge in [0.1, 0.15) is 12.1 Å². The van der Waals surface area contributed by atoms with Crippen molar-refractivity contribution in [1.29, 1.82) is 0 Å². The van der Waals surface area contributed by atoms with E-state index in [1.165, 1.54) is 6.07 Å². The number of aryl methyl sites for hydroxylation is 1. The van der Waals surface area contributed by atoms with Crippen molar-refractivity contribution in [2.45, 2.75) is 25.9 Å². The predicted molar refractivity (Wildman–Crippen MR) is 107 cm³/mol. The first kappa shape index (κ1) is 20.2. The van der Waals surface area contributed by atoms with Gasteiger partial charge < -0.3 is 10.6 Å². The second-order valence-corrected chi connectivity index (χ2v) is 7.59. The molecule has 1 atom stereocenters. The van der Waals surface area contributed by atoms with Crippen LogP contribution in [0.1, 0.15) is 23.6 Å². The number of nitrogens with zero attached hydrogens (tertiary/aromatic N) is 1. The summed E-state index contributed by atoms with van der Waals surface area (Å²) in [4.78, 5) is 38.4. The lowest BCUT2D eigenvalue weighted by atomic mass is 9.92. The van der Waals surface area contributed by atoms with E-state index in [0.29, 0.717) is 17.1 Å². The molecule has 0 aliphatic carbocycles. The molecule has 0 aromatic heterocycles. The van der Waals surface area contributed by atoms with Crippen LogP contribution in [0.3, 0.4) is 0 Å². The minimum atomic E-state index is -1.32. The van der Waals surface area contributed by atoms with E-state index in [4.69, 9.17) is 23.2 Å². The van der Waals surface area contributed by atoms with Crippen molar-refractivity contribution in [3.8, 4) is 0 Å². The smallest absolute Gasteiger partial charge is 0.325 e. The summed E-state index contributed by atoms with van der Waals surface area (Å²) in [7, 11) is 0. The van der Waals surface area contributed by atoms with Gasteiger partial charge >= 0.3 is 6.03 Å². The van der Waals surface area contributed by atoms with Crippen molar-refractivity contribution < 1.29 is 14.4 Å². The van der Waals surface area contributed by atoms with Crippen molar-refractivity contribution in [3.63, 3.8) is 0 Å². The summed E-state index contributed by atoms with van der Waals surface area (Å²) in [6.45, 7) is 3.46. The highest BCUT2D eigenvalue weighted by molar-refractivity contribution is 6.42. The number of imide groups is 1. The highest BCUT2D eigenvalue weighted by Gasteiger charge is 2.49. The number of benzene rings is 2. The van der Waals surface area contributed by atoms with Gasteiger partial charge in [-0.3, -0.25) is 14.5 Å². The molecule has 8 heteroatoms. The summed E-state index contributed by atoms with van der Waals surface area (Å²) in [6.07, 6.45) is 0. The molecule has 1 heterocycles. The van der Waals surface area contributed by atoms with Gasteiger partial charge in [0.05, 0.1) is 10.0 Å². The molecule has 2 aromatic rings. The Bertz CT molecular complexity index is 963. The lowest BCUT2D eigenvalue weighted by Gasteiger charge is -2.22. The molecule has 28 heavy (non-hydrogen) atoms. The molecule has 0 saturated carbocycles. The van der Waals surface area contributed by atoms with Gasteiger partial charge in [-0.05, 0) is 42.7 Å². The third-order valence-electron chi connectivity index (χ3n) is 4.81. The zero-order valence-corrected chi connectivity index (χ0v) is 16.9. The highest BCUT2D eigenvalue weighted by Crippen LogP contribution is 2.32. The fourth-order valence-electron chi connectivity index (χ4n) is 3.05. The maximum Gasteiger partial charge on any atom is 0.325 e. The SMILES string of the molecule is Cc1ccccc1CNC(=O)CN1C(=O)NC(C)(c2ccc(Cl)c(Cl)c2)C1=O. The highest BCUT2D eigenvalue weighted by atomic mass is 35.5. The van der Waals surface area contributed by atoms with Crippen LogP contribution < -0.4 is 10.6 Å². The molecule has 0 spiro atoms. The molecule has 1 aliphatic heterocycles. The fourth-order valence-corrected chi connectivity index (χ4v) is 3.34. The molecule has 1 aliphatic rings. The van der Waals surface area contributed by atoms with Gasteiger partial charge in [0, 0.05) is 6.54 Å². The lowest BCUT2D eigenvalue weighted by Crippen LogP contribution is -2.43. The third-order valence-corrected chi connectivity index (χ3v) is 5.55. The molecular formula is C20H19Cl2N3O3. The number of halogens is 2. The Morgan fingerprint density at radius 3 is 2.54 bits per heavy atom. The molecule has 0 bridgehead atoms. The van der Waals surface area contributed by atoms with Gasteiger partial charge in [0.2, 0.25) is 5.91 Å². The molecule has 3 rings (SSSR count). The molecule has 2 N–H and O–H groups in total. The number of rotatable bonds is 5. The van der Waals surface area contributed by atoms with Gasteiger partial charge in [-0.1, -0.05) is 53.5 Å². The van der Waals surface area contributed by atoms with Crippen molar-refractivity contribution >= 4 is 41.0 Å². The standard InChI is InChI=1S/C20H19Cl2N3O3/c1-12-5-3-4-6-13(12)10-23-17(26)11-25-18(27)20(2,24-19(25)28)14-7-8-15(21)16(22)9-14/h3-9H,10-11H2,1-2H3,(H,23,26)(H,24,28). The van der Waals surface area contributed by atoms with E-state index in [-0.39, 0.29) is 11.6 Å². The number of carbonyl (C=O) groups excluding carboxylic acids is 3.